The van der Waals surface area contributed by atoms with Crippen molar-refractivity contribution in [2.45, 2.75) is 65.8 Å². The van der Waals surface area contributed by atoms with E-state index in [0.717, 1.165) is 28.1 Å². The SMILES string of the molecule is Cc1ccccc1[C@H](O)CN[C@H](C)c1ccc(CNC(=O)OC(C)(C)C)nc1C. The molecule has 0 radical (unpaired) electrons. The number of alkyl carbamates (subject to hydrolysis) is 1. The molecule has 29 heavy (non-hydrogen) atoms. The van der Waals surface area contributed by atoms with Crippen molar-refractivity contribution in [3.8, 4) is 0 Å². The Bertz CT molecular complexity index is 830. The Balaban J connectivity index is 1.92. The lowest BCUT2D eigenvalue weighted by atomic mass is 10.0. The first-order chi connectivity index (χ1) is 13.6. The number of benzene rings is 1. The summed E-state index contributed by atoms with van der Waals surface area (Å²) in [5.41, 5.74) is 4.20. The van der Waals surface area contributed by atoms with Crippen LogP contribution in [-0.4, -0.2) is 28.3 Å². The molecule has 0 fully saturated rings. The quantitative estimate of drug-likeness (QED) is 0.653. The second-order valence-electron chi connectivity index (χ2n) is 8.33. The lowest BCUT2D eigenvalue weighted by Gasteiger charge is -2.21. The minimum Gasteiger partial charge on any atom is -0.444 e. The van der Waals surface area contributed by atoms with Gasteiger partial charge in [0.25, 0.3) is 0 Å². The van der Waals surface area contributed by atoms with Crippen molar-refractivity contribution in [1.82, 2.24) is 15.6 Å². The Morgan fingerprint density at radius 3 is 2.45 bits per heavy atom. The smallest absolute Gasteiger partial charge is 0.407 e. The fraction of sp³-hybridized carbons (Fsp3) is 0.478. The number of nitrogens with one attached hydrogen (secondary N) is 2. The summed E-state index contributed by atoms with van der Waals surface area (Å²) >= 11 is 0. The Kier molecular flexibility index (Phi) is 7.76. The molecule has 158 valence electrons. The van der Waals surface area contributed by atoms with Gasteiger partial charge in [0.2, 0.25) is 0 Å². The predicted octanol–water partition coefficient (Wildman–Crippen LogP) is 4.11. The van der Waals surface area contributed by atoms with Gasteiger partial charge in [0.05, 0.1) is 18.3 Å². The number of hydrogen-bond acceptors (Lipinski definition) is 5. The highest BCUT2D eigenvalue weighted by Crippen LogP contribution is 2.20. The second-order valence-corrected chi connectivity index (χ2v) is 8.33. The van der Waals surface area contributed by atoms with E-state index in [0.29, 0.717) is 13.1 Å². The number of rotatable bonds is 7. The Hall–Kier alpha value is -2.44. The van der Waals surface area contributed by atoms with Gasteiger partial charge in [-0.25, -0.2) is 4.79 Å². The normalized spacial score (nSPS) is 13.6. The van der Waals surface area contributed by atoms with Gasteiger partial charge in [0.1, 0.15) is 5.60 Å². The number of pyridine rings is 1. The molecular weight excluding hydrogens is 366 g/mol. The standard InChI is InChI=1S/C23H33N3O3/c1-15-9-7-8-10-19(15)21(27)14-24-16(2)20-12-11-18(26-17(20)3)13-25-22(28)29-23(4,5)6/h7-12,16,21,24,27H,13-14H2,1-6H3,(H,25,28)/t16-,21-/m1/s1. The molecule has 0 saturated heterocycles. The lowest BCUT2D eigenvalue weighted by Crippen LogP contribution is -2.32. The molecule has 6 nitrogen and oxygen atoms in total. The minimum atomic E-state index is -0.566. The number of carbonyl (C=O) groups excluding carboxylic acids is 1. The van der Waals surface area contributed by atoms with Gasteiger partial charge in [-0.05, 0) is 64.3 Å². The van der Waals surface area contributed by atoms with Crippen LogP contribution in [0, 0.1) is 13.8 Å². The molecule has 1 heterocycles. The van der Waals surface area contributed by atoms with Crippen LogP contribution >= 0.6 is 0 Å². The molecule has 3 N–H and O–H groups in total. The number of hydrogen-bond donors (Lipinski definition) is 3. The zero-order chi connectivity index (χ0) is 21.6. The number of amides is 1. The highest BCUT2D eigenvalue weighted by molar-refractivity contribution is 5.67. The van der Waals surface area contributed by atoms with Crippen molar-refractivity contribution in [1.29, 1.82) is 0 Å². The second kappa shape index (κ2) is 9.85. The van der Waals surface area contributed by atoms with E-state index in [2.05, 4.69) is 15.6 Å². The molecule has 2 aromatic rings. The van der Waals surface area contributed by atoms with Crippen LogP contribution in [0.25, 0.3) is 0 Å². The van der Waals surface area contributed by atoms with Gasteiger partial charge in [-0.2, -0.15) is 0 Å². The molecule has 1 amide bonds. The zero-order valence-electron chi connectivity index (χ0n) is 18.2. The van der Waals surface area contributed by atoms with Crippen LogP contribution in [0.1, 0.15) is 67.9 Å². The summed E-state index contributed by atoms with van der Waals surface area (Å²) < 4.78 is 5.24. The van der Waals surface area contributed by atoms with Crippen molar-refractivity contribution >= 4 is 6.09 Å². The third-order valence-corrected chi connectivity index (χ3v) is 4.63. The van der Waals surface area contributed by atoms with E-state index in [4.69, 9.17) is 4.74 Å². The monoisotopic (exact) mass is 399 g/mol. The molecular formula is C23H33N3O3. The summed E-state index contributed by atoms with van der Waals surface area (Å²) in [6, 6.07) is 11.8. The van der Waals surface area contributed by atoms with Gasteiger partial charge in [0.15, 0.2) is 0 Å². The fourth-order valence-electron chi connectivity index (χ4n) is 3.13. The first-order valence-corrected chi connectivity index (χ1v) is 9.97. The molecule has 0 spiro atoms. The number of nitrogens with zero attached hydrogens (tertiary/aromatic N) is 1. The topological polar surface area (TPSA) is 83.5 Å². The molecule has 1 aromatic heterocycles. The Morgan fingerprint density at radius 1 is 1.14 bits per heavy atom. The van der Waals surface area contributed by atoms with Crippen LogP contribution in [-0.2, 0) is 11.3 Å². The van der Waals surface area contributed by atoms with Gasteiger partial charge in [-0.3, -0.25) is 4.98 Å². The first-order valence-electron chi connectivity index (χ1n) is 9.97. The predicted molar refractivity (Wildman–Crippen MR) is 115 cm³/mol. The number of aromatic nitrogens is 1. The van der Waals surface area contributed by atoms with E-state index in [-0.39, 0.29) is 6.04 Å². The molecule has 0 bridgehead atoms. The van der Waals surface area contributed by atoms with Gasteiger partial charge < -0.3 is 20.5 Å². The zero-order valence-corrected chi connectivity index (χ0v) is 18.2. The van der Waals surface area contributed by atoms with Crippen molar-refractivity contribution in [3.63, 3.8) is 0 Å². The third kappa shape index (κ3) is 7.15. The van der Waals surface area contributed by atoms with E-state index in [9.17, 15) is 9.90 Å². The molecule has 2 rings (SSSR count). The Morgan fingerprint density at radius 2 is 1.83 bits per heavy atom. The number of aliphatic hydroxyl groups is 1. The molecule has 0 aliphatic carbocycles. The Labute approximate surface area is 173 Å². The summed E-state index contributed by atoms with van der Waals surface area (Å²) in [5, 5.41) is 16.6. The van der Waals surface area contributed by atoms with E-state index >= 15 is 0 Å². The molecule has 0 aliphatic heterocycles. The maximum absolute atomic E-state index is 11.8. The number of aliphatic hydroxyl groups excluding tert-OH is 1. The minimum absolute atomic E-state index is 0.0361. The largest absolute Gasteiger partial charge is 0.444 e. The summed E-state index contributed by atoms with van der Waals surface area (Å²) in [6.45, 7) is 12.2. The molecule has 6 heteroatoms. The number of carbonyl (C=O) groups is 1. The van der Waals surface area contributed by atoms with Crippen LogP contribution in [0.5, 0.6) is 0 Å². The van der Waals surface area contributed by atoms with Gasteiger partial charge in [0, 0.05) is 18.3 Å². The highest BCUT2D eigenvalue weighted by Gasteiger charge is 2.17. The summed E-state index contributed by atoms with van der Waals surface area (Å²) in [7, 11) is 0. The molecule has 2 atom stereocenters. The van der Waals surface area contributed by atoms with Crippen LogP contribution in [0.2, 0.25) is 0 Å². The van der Waals surface area contributed by atoms with Gasteiger partial charge in [-0.1, -0.05) is 30.3 Å². The molecule has 0 aliphatic rings. The van der Waals surface area contributed by atoms with Gasteiger partial charge >= 0.3 is 6.09 Å². The fourth-order valence-corrected chi connectivity index (χ4v) is 3.13. The third-order valence-electron chi connectivity index (χ3n) is 4.63. The van der Waals surface area contributed by atoms with Crippen molar-refractivity contribution < 1.29 is 14.6 Å². The summed E-state index contributed by atoms with van der Waals surface area (Å²) in [4.78, 5) is 16.4. The van der Waals surface area contributed by atoms with Crippen molar-refractivity contribution in [2.24, 2.45) is 0 Å². The summed E-state index contributed by atoms with van der Waals surface area (Å²) in [5.74, 6) is 0. The van der Waals surface area contributed by atoms with E-state index in [1.807, 2.05) is 77.9 Å². The van der Waals surface area contributed by atoms with E-state index in [1.165, 1.54) is 0 Å². The average molecular weight is 400 g/mol. The van der Waals surface area contributed by atoms with Crippen LogP contribution in [0.3, 0.4) is 0 Å². The number of ether oxygens (including phenoxy) is 1. The van der Waals surface area contributed by atoms with E-state index < -0.39 is 17.8 Å². The van der Waals surface area contributed by atoms with Gasteiger partial charge in [-0.15, -0.1) is 0 Å². The maximum Gasteiger partial charge on any atom is 0.407 e. The van der Waals surface area contributed by atoms with Crippen LogP contribution < -0.4 is 10.6 Å². The lowest BCUT2D eigenvalue weighted by molar-refractivity contribution is 0.0523. The van der Waals surface area contributed by atoms with E-state index in [1.54, 1.807) is 0 Å². The maximum atomic E-state index is 11.8. The number of aryl methyl sites for hydroxylation is 2. The molecule has 1 aromatic carbocycles. The first kappa shape index (κ1) is 22.8. The highest BCUT2D eigenvalue weighted by atomic mass is 16.6. The van der Waals surface area contributed by atoms with Crippen LogP contribution in [0.4, 0.5) is 4.79 Å². The average Bonchev–Trinajstić information content (AvgIpc) is 2.63. The van der Waals surface area contributed by atoms with Crippen LogP contribution in [0.15, 0.2) is 36.4 Å². The van der Waals surface area contributed by atoms with Crippen molar-refractivity contribution in [2.75, 3.05) is 6.54 Å². The summed E-state index contributed by atoms with van der Waals surface area (Å²) in [6.07, 6.45) is -1.02. The molecule has 0 saturated carbocycles. The molecule has 0 unspecified atom stereocenters. The van der Waals surface area contributed by atoms with Crippen molar-refractivity contribution in [3.05, 3.63) is 64.5 Å².